The largest absolute Gasteiger partial charge is 0.359 e. The first-order valence-corrected chi connectivity index (χ1v) is 7.76. The highest BCUT2D eigenvalue weighted by molar-refractivity contribution is 5.95. The van der Waals surface area contributed by atoms with Gasteiger partial charge in [-0.05, 0) is 31.9 Å². The Morgan fingerprint density at radius 1 is 1.26 bits per heavy atom. The minimum atomic E-state index is -0.841. The molecule has 1 aromatic heterocycles. The lowest BCUT2D eigenvalue weighted by molar-refractivity contribution is 0.0641. The SMILES string of the molecule is Cc1cc(C2CCCCCN2C(=O)c2c(F)cccc2F)on1. The van der Waals surface area contributed by atoms with Crippen LogP contribution >= 0.6 is 0 Å². The number of amides is 1. The highest BCUT2D eigenvalue weighted by Crippen LogP contribution is 2.32. The number of halogens is 2. The number of aryl methyl sites for hydroxylation is 1. The molecule has 1 atom stereocenters. The van der Waals surface area contributed by atoms with Crippen LogP contribution in [0.4, 0.5) is 8.78 Å². The number of benzene rings is 1. The van der Waals surface area contributed by atoms with Crippen LogP contribution in [0.1, 0.15) is 53.5 Å². The Morgan fingerprint density at radius 2 is 2.00 bits per heavy atom. The Hall–Kier alpha value is -2.24. The molecule has 1 fully saturated rings. The van der Waals surface area contributed by atoms with Crippen LogP contribution in [0.3, 0.4) is 0 Å². The van der Waals surface area contributed by atoms with Gasteiger partial charge in [0.2, 0.25) is 0 Å². The summed E-state index contributed by atoms with van der Waals surface area (Å²) in [6.07, 6.45) is 3.38. The standard InChI is InChI=1S/C17H18F2N2O2/c1-11-10-15(23-20-11)14-8-3-2-4-9-21(14)17(22)16-12(18)6-5-7-13(16)19/h5-7,10,14H,2-4,8-9H2,1H3. The number of likely N-dealkylation sites (tertiary alicyclic amines) is 1. The van der Waals surface area contributed by atoms with Crippen LogP contribution in [0.5, 0.6) is 0 Å². The second-order valence-electron chi connectivity index (χ2n) is 5.83. The predicted molar refractivity (Wildman–Crippen MR) is 79.8 cm³/mol. The Kier molecular flexibility index (Phi) is 4.41. The van der Waals surface area contributed by atoms with Gasteiger partial charge in [-0.1, -0.05) is 24.1 Å². The zero-order valence-electron chi connectivity index (χ0n) is 12.9. The zero-order valence-corrected chi connectivity index (χ0v) is 12.9. The summed E-state index contributed by atoms with van der Waals surface area (Å²) in [6, 6.07) is 4.88. The third-order valence-corrected chi connectivity index (χ3v) is 4.16. The maximum absolute atomic E-state index is 14.0. The van der Waals surface area contributed by atoms with E-state index in [1.165, 1.54) is 11.0 Å². The van der Waals surface area contributed by atoms with E-state index in [-0.39, 0.29) is 6.04 Å². The lowest BCUT2D eigenvalue weighted by atomic mass is 10.1. The number of rotatable bonds is 2. The van der Waals surface area contributed by atoms with E-state index in [2.05, 4.69) is 5.16 Å². The highest BCUT2D eigenvalue weighted by Gasteiger charge is 2.32. The minimum Gasteiger partial charge on any atom is -0.359 e. The second kappa shape index (κ2) is 6.48. The van der Waals surface area contributed by atoms with Crippen molar-refractivity contribution in [3.05, 3.63) is 52.9 Å². The molecule has 0 bridgehead atoms. The predicted octanol–water partition coefficient (Wildman–Crippen LogP) is 4.02. The minimum absolute atomic E-state index is 0.342. The molecule has 0 radical (unpaired) electrons. The van der Waals surface area contributed by atoms with E-state index < -0.39 is 23.1 Å². The van der Waals surface area contributed by atoms with Crippen molar-refractivity contribution in [2.24, 2.45) is 0 Å². The molecular weight excluding hydrogens is 302 g/mol. The Bertz CT molecular complexity index is 694. The first-order chi connectivity index (χ1) is 11.1. The van der Waals surface area contributed by atoms with Crippen molar-refractivity contribution < 1.29 is 18.1 Å². The lowest BCUT2D eigenvalue weighted by Crippen LogP contribution is -2.35. The van der Waals surface area contributed by atoms with Crippen molar-refractivity contribution in [2.75, 3.05) is 6.54 Å². The summed E-state index contributed by atoms with van der Waals surface area (Å²) in [4.78, 5) is 14.3. The molecule has 1 saturated heterocycles. The third kappa shape index (κ3) is 3.11. The molecule has 2 heterocycles. The third-order valence-electron chi connectivity index (χ3n) is 4.16. The topological polar surface area (TPSA) is 46.3 Å². The van der Waals surface area contributed by atoms with E-state index in [0.717, 1.165) is 31.4 Å². The summed E-state index contributed by atoms with van der Waals surface area (Å²) in [5.41, 5.74) is 0.212. The molecule has 23 heavy (non-hydrogen) atoms. The van der Waals surface area contributed by atoms with E-state index in [0.29, 0.717) is 24.4 Å². The number of nitrogens with zero attached hydrogens (tertiary/aromatic N) is 2. The number of aromatic nitrogens is 1. The van der Waals surface area contributed by atoms with E-state index in [1.54, 1.807) is 13.0 Å². The Morgan fingerprint density at radius 3 is 2.65 bits per heavy atom. The number of carbonyl (C=O) groups excluding carboxylic acids is 1. The quantitative estimate of drug-likeness (QED) is 0.839. The molecule has 2 aromatic rings. The van der Waals surface area contributed by atoms with E-state index in [9.17, 15) is 13.6 Å². The number of hydrogen-bond acceptors (Lipinski definition) is 3. The molecule has 6 heteroatoms. The van der Waals surface area contributed by atoms with Gasteiger partial charge in [0.1, 0.15) is 17.2 Å². The van der Waals surface area contributed by atoms with Gasteiger partial charge in [0.25, 0.3) is 5.91 Å². The summed E-state index contributed by atoms with van der Waals surface area (Å²) in [7, 11) is 0. The summed E-state index contributed by atoms with van der Waals surface area (Å²) >= 11 is 0. The number of carbonyl (C=O) groups is 1. The van der Waals surface area contributed by atoms with Crippen LogP contribution in [0, 0.1) is 18.6 Å². The summed E-state index contributed by atoms with van der Waals surface area (Å²) < 4.78 is 33.2. The molecule has 1 amide bonds. The average Bonchev–Trinajstić information content (AvgIpc) is 2.80. The van der Waals surface area contributed by atoms with Gasteiger partial charge < -0.3 is 9.42 Å². The van der Waals surface area contributed by atoms with Gasteiger partial charge in [-0.25, -0.2) is 8.78 Å². The van der Waals surface area contributed by atoms with Crippen LogP contribution in [-0.2, 0) is 0 Å². The molecule has 0 N–H and O–H groups in total. The summed E-state index contributed by atoms with van der Waals surface area (Å²) in [5.74, 6) is -1.76. The molecular formula is C17H18F2N2O2. The van der Waals surface area contributed by atoms with E-state index in [1.807, 2.05) is 0 Å². The molecule has 3 rings (SSSR count). The van der Waals surface area contributed by atoms with E-state index in [4.69, 9.17) is 4.52 Å². The molecule has 0 spiro atoms. The van der Waals surface area contributed by atoms with Gasteiger partial charge in [0, 0.05) is 12.6 Å². The summed E-state index contributed by atoms with van der Waals surface area (Å²) in [6.45, 7) is 2.24. The molecule has 1 aliphatic rings. The summed E-state index contributed by atoms with van der Waals surface area (Å²) in [5, 5.41) is 3.86. The van der Waals surface area contributed by atoms with Gasteiger partial charge in [0.05, 0.1) is 11.7 Å². The molecule has 0 saturated carbocycles. The van der Waals surface area contributed by atoms with Crippen LogP contribution in [0.2, 0.25) is 0 Å². The van der Waals surface area contributed by atoms with Crippen molar-refractivity contribution >= 4 is 5.91 Å². The fraction of sp³-hybridized carbons (Fsp3) is 0.412. The molecule has 122 valence electrons. The molecule has 0 aliphatic carbocycles. The van der Waals surface area contributed by atoms with Crippen LogP contribution in [0.15, 0.2) is 28.8 Å². The van der Waals surface area contributed by atoms with Gasteiger partial charge in [-0.2, -0.15) is 0 Å². The molecule has 4 nitrogen and oxygen atoms in total. The van der Waals surface area contributed by atoms with Crippen LogP contribution in [-0.4, -0.2) is 22.5 Å². The zero-order chi connectivity index (χ0) is 16.4. The fourth-order valence-electron chi connectivity index (χ4n) is 3.03. The van der Waals surface area contributed by atoms with Gasteiger partial charge in [-0.3, -0.25) is 4.79 Å². The highest BCUT2D eigenvalue weighted by atomic mass is 19.1. The van der Waals surface area contributed by atoms with E-state index >= 15 is 0 Å². The fourth-order valence-corrected chi connectivity index (χ4v) is 3.03. The smallest absolute Gasteiger partial charge is 0.260 e. The van der Waals surface area contributed by atoms with Gasteiger partial charge in [-0.15, -0.1) is 0 Å². The maximum Gasteiger partial charge on any atom is 0.260 e. The van der Waals surface area contributed by atoms with Crippen molar-refractivity contribution in [3.8, 4) is 0 Å². The monoisotopic (exact) mass is 320 g/mol. The molecule has 1 unspecified atom stereocenters. The van der Waals surface area contributed by atoms with Crippen LogP contribution in [0.25, 0.3) is 0 Å². The van der Waals surface area contributed by atoms with Crippen molar-refractivity contribution in [3.63, 3.8) is 0 Å². The average molecular weight is 320 g/mol. The van der Waals surface area contributed by atoms with Crippen LogP contribution < -0.4 is 0 Å². The van der Waals surface area contributed by atoms with Gasteiger partial charge in [0.15, 0.2) is 5.76 Å². The Balaban J connectivity index is 1.98. The Labute approximate surface area is 133 Å². The van der Waals surface area contributed by atoms with Crippen molar-refractivity contribution in [1.29, 1.82) is 0 Å². The first kappa shape index (κ1) is 15.6. The van der Waals surface area contributed by atoms with Gasteiger partial charge >= 0.3 is 0 Å². The van der Waals surface area contributed by atoms with Crippen molar-refractivity contribution in [1.82, 2.24) is 10.1 Å². The molecule has 1 aliphatic heterocycles. The molecule has 1 aromatic carbocycles. The normalized spacial score (nSPS) is 18.7. The second-order valence-corrected chi connectivity index (χ2v) is 5.83. The number of hydrogen-bond donors (Lipinski definition) is 0. The van der Waals surface area contributed by atoms with Crippen molar-refractivity contribution in [2.45, 2.75) is 38.6 Å². The first-order valence-electron chi connectivity index (χ1n) is 7.76. The maximum atomic E-state index is 14.0. The lowest BCUT2D eigenvalue weighted by Gasteiger charge is -2.28.